The summed E-state index contributed by atoms with van der Waals surface area (Å²) in [6, 6.07) is 0. The molecule has 0 aromatic carbocycles. The fourth-order valence-electron chi connectivity index (χ4n) is 1.56. The Bertz CT molecular complexity index is 344. The smallest absolute Gasteiger partial charge is 0.305 e. The first kappa shape index (κ1) is 27.7. The number of hydrogen-bond donors (Lipinski definition) is 2. The Labute approximate surface area is 147 Å². The van der Waals surface area contributed by atoms with Crippen LogP contribution in [0.5, 0.6) is 0 Å². The number of rotatable bonds is 12. The molecule has 0 bridgehead atoms. The molecule has 25 heavy (non-hydrogen) atoms. The molecule has 0 aliphatic carbocycles. The molecule has 0 saturated heterocycles. The second-order valence-electron chi connectivity index (χ2n) is 4.81. The number of aliphatic carboxylic acids is 2. The number of carboxylic acids is 2. The van der Waals surface area contributed by atoms with Crippen molar-refractivity contribution in [2.24, 2.45) is 0 Å². The summed E-state index contributed by atoms with van der Waals surface area (Å²) in [5, 5.41) is 16.5. The van der Waals surface area contributed by atoms with Crippen molar-refractivity contribution in [3.8, 4) is 0 Å². The van der Waals surface area contributed by atoms with E-state index in [2.05, 4.69) is 9.47 Å². The highest BCUT2D eigenvalue weighted by atomic mass is 16.5. The van der Waals surface area contributed by atoms with Gasteiger partial charge in [0.25, 0.3) is 0 Å². The third kappa shape index (κ3) is 27.0. The van der Waals surface area contributed by atoms with Crippen LogP contribution in [0, 0.1) is 0 Å². The third-order valence-corrected chi connectivity index (χ3v) is 2.65. The summed E-state index contributed by atoms with van der Waals surface area (Å²) in [7, 11) is 0. The van der Waals surface area contributed by atoms with E-state index in [9.17, 15) is 19.2 Å². The van der Waals surface area contributed by atoms with Gasteiger partial charge >= 0.3 is 23.9 Å². The van der Waals surface area contributed by atoms with Crippen LogP contribution in [-0.4, -0.2) is 52.8 Å². The van der Waals surface area contributed by atoms with Crippen LogP contribution in [0.25, 0.3) is 0 Å². The number of ether oxygens (including phenoxy) is 2. The molecule has 9 heteroatoms. The molecule has 0 atom stereocenters. The predicted octanol–water partition coefficient (Wildman–Crippen LogP) is 1.56. The average Bonchev–Trinajstić information content (AvgIpc) is 2.49. The highest BCUT2D eigenvalue weighted by Crippen LogP contribution is 2.01. The van der Waals surface area contributed by atoms with E-state index in [4.69, 9.17) is 10.2 Å². The number of carbonyl (C=O) groups is 4. The standard InChI is InChI=1S/2C8H14O4.H2O/c2*1-2-12-8(11)6-4-3-5-7(9)10;/h2*2-6H2,1H3,(H,9,10);1H2. The van der Waals surface area contributed by atoms with Gasteiger partial charge in [-0.3, -0.25) is 19.2 Å². The average molecular weight is 366 g/mol. The monoisotopic (exact) mass is 366 g/mol. The summed E-state index contributed by atoms with van der Waals surface area (Å²) in [5.41, 5.74) is 0. The van der Waals surface area contributed by atoms with Crippen molar-refractivity contribution < 1.29 is 44.3 Å². The maximum Gasteiger partial charge on any atom is 0.305 e. The topological polar surface area (TPSA) is 159 Å². The summed E-state index contributed by atoms with van der Waals surface area (Å²) < 4.78 is 9.33. The Morgan fingerprint density at radius 2 is 0.920 bits per heavy atom. The molecule has 9 nitrogen and oxygen atoms in total. The second-order valence-corrected chi connectivity index (χ2v) is 4.81. The zero-order chi connectivity index (χ0) is 18.8. The van der Waals surface area contributed by atoms with Gasteiger partial charge in [0, 0.05) is 25.7 Å². The van der Waals surface area contributed by atoms with Gasteiger partial charge in [-0.25, -0.2) is 0 Å². The number of unbranched alkanes of at least 4 members (excludes halogenated alkanes) is 2. The molecule has 0 radical (unpaired) electrons. The van der Waals surface area contributed by atoms with E-state index >= 15 is 0 Å². The van der Waals surface area contributed by atoms with Crippen LogP contribution in [0.1, 0.15) is 65.2 Å². The summed E-state index contributed by atoms with van der Waals surface area (Å²) in [6.07, 6.45) is 3.14. The first-order chi connectivity index (χ1) is 11.3. The first-order valence-corrected chi connectivity index (χ1v) is 8.08. The summed E-state index contributed by atoms with van der Waals surface area (Å²) in [6.45, 7) is 4.26. The highest BCUT2D eigenvalue weighted by molar-refractivity contribution is 5.70. The molecule has 0 heterocycles. The van der Waals surface area contributed by atoms with E-state index in [0.717, 1.165) is 0 Å². The number of carbonyl (C=O) groups excluding carboxylic acids is 2. The summed E-state index contributed by atoms with van der Waals surface area (Å²) in [4.78, 5) is 41.5. The molecule has 0 spiro atoms. The van der Waals surface area contributed by atoms with Gasteiger partial charge in [-0.05, 0) is 39.5 Å². The fraction of sp³-hybridized carbons (Fsp3) is 0.750. The summed E-state index contributed by atoms with van der Waals surface area (Å²) in [5.74, 6) is -2.14. The van der Waals surface area contributed by atoms with Crippen LogP contribution >= 0.6 is 0 Å². The molecule has 0 saturated carbocycles. The van der Waals surface area contributed by atoms with E-state index < -0.39 is 11.9 Å². The number of esters is 2. The largest absolute Gasteiger partial charge is 0.481 e. The van der Waals surface area contributed by atoms with E-state index in [-0.39, 0.29) is 30.3 Å². The third-order valence-electron chi connectivity index (χ3n) is 2.65. The van der Waals surface area contributed by atoms with Gasteiger partial charge in [-0.1, -0.05) is 0 Å². The maximum atomic E-state index is 10.7. The minimum atomic E-state index is -0.821. The second kappa shape index (κ2) is 19.9. The molecular formula is C16H30O9. The van der Waals surface area contributed by atoms with Crippen molar-refractivity contribution in [2.45, 2.75) is 65.2 Å². The Morgan fingerprint density at radius 3 is 1.16 bits per heavy atom. The van der Waals surface area contributed by atoms with Gasteiger partial charge in [0.05, 0.1) is 13.2 Å². The van der Waals surface area contributed by atoms with Crippen LogP contribution < -0.4 is 0 Å². The van der Waals surface area contributed by atoms with E-state index in [1.165, 1.54) is 0 Å². The first-order valence-electron chi connectivity index (χ1n) is 8.08. The van der Waals surface area contributed by atoms with Crippen LogP contribution in [-0.2, 0) is 28.7 Å². The molecule has 0 unspecified atom stereocenters. The van der Waals surface area contributed by atoms with Crippen molar-refractivity contribution in [2.75, 3.05) is 13.2 Å². The molecule has 0 fully saturated rings. The van der Waals surface area contributed by atoms with E-state index in [1.54, 1.807) is 13.8 Å². The Kier molecular flexibility index (Phi) is 22.0. The van der Waals surface area contributed by atoms with Gasteiger partial charge in [-0.15, -0.1) is 0 Å². The Hall–Kier alpha value is -2.16. The van der Waals surface area contributed by atoms with Crippen molar-refractivity contribution in [1.82, 2.24) is 0 Å². The van der Waals surface area contributed by atoms with Crippen LogP contribution in [0.2, 0.25) is 0 Å². The lowest BCUT2D eigenvalue weighted by atomic mass is 10.2. The van der Waals surface area contributed by atoms with Crippen molar-refractivity contribution in [3.05, 3.63) is 0 Å². The zero-order valence-electron chi connectivity index (χ0n) is 14.9. The molecule has 0 aromatic rings. The molecule has 0 aromatic heterocycles. The molecular weight excluding hydrogens is 336 g/mol. The Morgan fingerprint density at radius 1 is 0.640 bits per heavy atom. The van der Waals surface area contributed by atoms with Gasteiger partial charge < -0.3 is 25.2 Å². The van der Waals surface area contributed by atoms with Gasteiger partial charge in [-0.2, -0.15) is 0 Å². The quantitative estimate of drug-likeness (QED) is 0.389. The van der Waals surface area contributed by atoms with Crippen LogP contribution in [0.15, 0.2) is 0 Å². The van der Waals surface area contributed by atoms with Gasteiger partial charge in [0.2, 0.25) is 0 Å². The molecule has 0 aliphatic heterocycles. The number of carboxylic acid groups (broad SMARTS) is 2. The minimum Gasteiger partial charge on any atom is -0.481 e. The maximum absolute atomic E-state index is 10.7. The minimum absolute atomic E-state index is 0. The summed E-state index contributed by atoms with van der Waals surface area (Å²) >= 11 is 0. The lowest BCUT2D eigenvalue weighted by Gasteiger charge is -1.99. The SMILES string of the molecule is CCOC(=O)CCCCC(=O)O.CCOC(=O)CCCCC(=O)O.O. The molecule has 0 amide bonds. The van der Waals surface area contributed by atoms with Gasteiger partial charge in [0.1, 0.15) is 0 Å². The highest BCUT2D eigenvalue weighted by Gasteiger charge is 2.03. The molecule has 0 aliphatic rings. The van der Waals surface area contributed by atoms with Crippen LogP contribution in [0.4, 0.5) is 0 Å². The number of hydrogen-bond acceptors (Lipinski definition) is 6. The van der Waals surface area contributed by atoms with Crippen molar-refractivity contribution in [3.63, 3.8) is 0 Å². The van der Waals surface area contributed by atoms with Crippen molar-refractivity contribution in [1.29, 1.82) is 0 Å². The van der Waals surface area contributed by atoms with Crippen molar-refractivity contribution >= 4 is 23.9 Å². The van der Waals surface area contributed by atoms with Gasteiger partial charge in [0.15, 0.2) is 0 Å². The lowest BCUT2D eigenvalue weighted by molar-refractivity contribution is -0.144. The fourth-order valence-corrected chi connectivity index (χ4v) is 1.56. The lowest BCUT2D eigenvalue weighted by Crippen LogP contribution is -2.03. The van der Waals surface area contributed by atoms with Crippen LogP contribution in [0.3, 0.4) is 0 Å². The zero-order valence-corrected chi connectivity index (χ0v) is 14.9. The molecule has 148 valence electrons. The Balaban J connectivity index is -0.000000372. The van der Waals surface area contributed by atoms with E-state index in [0.29, 0.717) is 51.7 Å². The molecule has 4 N–H and O–H groups in total. The molecule has 0 rings (SSSR count). The predicted molar refractivity (Wildman–Crippen MR) is 89.1 cm³/mol. The van der Waals surface area contributed by atoms with E-state index in [1.807, 2.05) is 0 Å². The normalized spacial score (nSPS) is 9.04.